The summed E-state index contributed by atoms with van der Waals surface area (Å²) in [6.45, 7) is 2.23. The second-order valence-corrected chi connectivity index (χ2v) is 5.58. The standard InChI is InChI=1S/C15H21N5O3.C2HF3O2/c1-5-13-17-14(19-20(13)2)18-15(21)16-9-10-11(22-3)7-6-8-12(10)23-4;3-2(4,5)1(6)7/h6-8H,5,9H2,1-4H3,(H2,16,18,19,21);(H,6,7). The first-order valence-electron chi connectivity index (χ1n) is 8.48. The SMILES string of the molecule is CCc1nc(NC(=O)NCc2c(OC)cccc2OC)nn1C.O=C(O)C(F)(F)F. The van der Waals surface area contributed by atoms with Gasteiger partial charge in [0.05, 0.1) is 26.3 Å². The van der Waals surface area contributed by atoms with Crippen LogP contribution >= 0.6 is 0 Å². The van der Waals surface area contributed by atoms with Gasteiger partial charge in [0.25, 0.3) is 0 Å². The highest BCUT2D eigenvalue weighted by molar-refractivity contribution is 5.87. The van der Waals surface area contributed by atoms with E-state index in [1.54, 1.807) is 25.9 Å². The van der Waals surface area contributed by atoms with Gasteiger partial charge >= 0.3 is 18.2 Å². The quantitative estimate of drug-likeness (QED) is 0.638. The summed E-state index contributed by atoms with van der Waals surface area (Å²) in [6, 6.07) is 5.05. The van der Waals surface area contributed by atoms with Crippen molar-refractivity contribution in [3.63, 3.8) is 0 Å². The van der Waals surface area contributed by atoms with E-state index in [0.29, 0.717) is 11.5 Å². The van der Waals surface area contributed by atoms with Crippen molar-refractivity contribution in [3.8, 4) is 11.5 Å². The molecule has 2 rings (SSSR count). The maximum atomic E-state index is 12.0. The molecule has 0 aliphatic carbocycles. The van der Waals surface area contributed by atoms with E-state index in [1.165, 1.54) is 0 Å². The van der Waals surface area contributed by atoms with Crippen molar-refractivity contribution in [2.45, 2.75) is 26.1 Å². The van der Waals surface area contributed by atoms with Crippen LogP contribution in [0.1, 0.15) is 18.3 Å². The largest absolute Gasteiger partial charge is 0.496 e. The third kappa shape index (κ3) is 7.14. The minimum absolute atomic E-state index is 0.256. The van der Waals surface area contributed by atoms with Crippen molar-refractivity contribution in [1.29, 1.82) is 0 Å². The van der Waals surface area contributed by atoms with Gasteiger partial charge in [-0.3, -0.25) is 10.00 Å². The number of aryl methyl sites for hydroxylation is 2. The van der Waals surface area contributed by atoms with Gasteiger partial charge in [-0.05, 0) is 12.1 Å². The Labute approximate surface area is 170 Å². The van der Waals surface area contributed by atoms with E-state index in [0.717, 1.165) is 17.8 Å². The molecule has 1 heterocycles. The van der Waals surface area contributed by atoms with Gasteiger partial charge in [0.2, 0.25) is 5.95 Å². The molecule has 0 atom stereocenters. The van der Waals surface area contributed by atoms with Crippen LogP contribution < -0.4 is 20.1 Å². The van der Waals surface area contributed by atoms with E-state index in [-0.39, 0.29) is 12.5 Å². The number of nitrogens with one attached hydrogen (secondary N) is 2. The van der Waals surface area contributed by atoms with E-state index < -0.39 is 18.2 Å². The van der Waals surface area contributed by atoms with Gasteiger partial charge in [-0.15, -0.1) is 5.10 Å². The Morgan fingerprint density at radius 2 is 1.73 bits per heavy atom. The number of ether oxygens (including phenoxy) is 2. The number of alkyl halides is 3. The molecule has 0 saturated heterocycles. The Hall–Kier alpha value is -3.51. The minimum Gasteiger partial charge on any atom is -0.496 e. The lowest BCUT2D eigenvalue weighted by Crippen LogP contribution is -2.29. The number of rotatable bonds is 6. The number of hydrogen-bond acceptors (Lipinski definition) is 6. The van der Waals surface area contributed by atoms with Gasteiger partial charge in [-0.25, -0.2) is 9.59 Å². The monoisotopic (exact) mass is 433 g/mol. The molecule has 0 aliphatic rings. The predicted octanol–water partition coefficient (Wildman–Crippen LogP) is 2.35. The molecule has 0 saturated carbocycles. The average molecular weight is 433 g/mol. The molecule has 2 aromatic rings. The van der Waals surface area contributed by atoms with Crippen LogP contribution in [-0.2, 0) is 24.8 Å². The van der Waals surface area contributed by atoms with Crippen molar-refractivity contribution in [3.05, 3.63) is 29.6 Å². The Morgan fingerprint density at radius 3 is 2.13 bits per heavy atom. The molecule has 166 valence electrons. The molecule has 0 aliphatic heterocycles. The number of carboxylic acids is 1. The molecule has 0 fully saturated rings. The van der Waals surface area contributed by atoms with E-state index >= 15 is 0 Å². The lowest BCUT2D eigenvalue weighted by Gasteiger charge is -2.13. The summed E-state index contributed by atoms with van der Waals surface area (Å²) in [5.41, 5.74) is 0.760. The molecule has 0 unspecified atom stereocenters. The van der Waals surface area contributed by atoms with Gasteiger partial charge in [-0.2, -0.15) is 18.2 Å². The number of methoxy groups -OCH3 is 2. The highest BCUT2D eigenvalue weighted by Gasteiger charge is 2.38. The number of carbonyl (C=O) groups excluding carboxylic acids is 1. The maximum Gasteiger partial charge on any atom is 0.490 e. The number of aromatic nitrogens is 3. The van der Waals surface area contributed by atoms with Crippen LogP contribution in [-0.4, -0.2) is 52.3 Å². The zero-order valence-electron chi connectivity index (χ0n) is 16.7. The number of urea groups is 1. The van der Waals surface area contributed by atoms with Crippen LogP contribution in [0.25, 0.3) is 0 Å². The minimum atomic E-state index is -5.08. The van der Waals surface area contributed by atoms with Crippen LogP contribution in [0.2, 0.25) is 0 Å². The summed E-state index contributed by atoms with van der Waals surface area (Å²) in [4.78, 5) is 25.1. The molecule has 0 bridgehead atoms. The van der Waals surface area contributed by atoms with E-state index in [9.17, 15) is 18.0 Å². The number of benzene rings is 1. The molecule has 0 radical (unpaired) electrons. The van der Waals surface area contributed by atoms with Crippen LogP contribution in [0.5, 0.6) is 11.5 Å². The third-order valence-electron chi connectivity index (χ3n) is 3.59. The first-order valence-corrected chi connectivity index (χ1v) is 8.48. The molecule has 0 spiro atoms. The fourth-order valence-electron chi connectivity index (χ4n) is 2.19. The first-order chi connectivity index (χ1) is 14.0. The molecule has 30 heavy (non-hydrogen) atoms. The van der Waals surface area contributed by atoms with Gasteiger partial charge in [-0.1, -0.05) is 13.0 Å². The highest BCUT2D eigenvalue weighted by atomic mass is 19.4. The second kappa shape index (κ2) is 10.9. The average Bonchev–Trinajstić information content (AvgIpc) is 3.04. The van der Waals surface area contributed by atoms with Crippen LogP contribution in [0.15, 0.2) is 18.2 Å². The third-order valence-corrected chi connectivity index (χ3v) is 3.59. The summed E-state index contributed by atoms with van der Waals surface area (Å²) in [7, 11) is 4.93. The van der Waals surface area contributed by atoms with E-state index in [4.69, 9.17) is 19.4 Å². The normalized spacial score (nSPS) is 10.5. The summed E-state index contributed by atoms with van der Waals surface area (Å²) >= 11 is 0. The fourth-order valence-corrected chi connectivity index (χ4v) is 2.19. The van der Waals surface area contributed by atoms with Crippen molar-refractivity contribution >= 4 is 17.9 Å². The maximum absolute atomic E-state index is 12.0. The van der Waals surface area contributed by atoms with Gasteiger partial charge in [0.15, 0.2) is 0 Å². The van der Waals surface area contributed by atoms with Crippen molar-refractivity contribution in [2.75, 3.05) is 19.5 Å². The summed E-state index contributed by atoms with van der Waals surface area (Å²) < 4.78 is 44.0. The number of aliphatic carboxylic acids is 1. The Bertz CT molecular complexity index is 848. The first kappa shape index (κ1) is 24.5. The lowest BCUT2D eigenvalue weighted by molar-refractivity contribution is -0.192. The topological polar surface area (TPSA) is 128 Å². The van der Waals surface area contributed by atoms with E-state index in [1.807, 2.05) is 25.1 Å². The van der Waals surface area contributed by atoms with Crippen LogP contribution in [0, 0.1) is 0 Å². The molecule has 10 nitrogen and oxygen atoms in total. The summed E-state index contributed by atoms with van der Waals surface area (Å²) in [5, 5.41) is 16.6. The van der Waals surface area contributed by atoms with Gasteiger partial charge in [0, 0.05) is 13.5 Å². The lowest BCUT2D eigenvalue weighted by atomic mass is 10.1. The molecular formula is C17H22F3N5O5. The Kier molecular flexibility index (Phi) is 8.89. The fraction of sp³-hybridized carbons (Fsp3) is 0.412. The number of amides is 2. The Balaban J connectivity index is 0.000000553. The Morgan fingerprint density at radius 1 is 1.20 bits per heavy atom. The molecule has 3 N–H and O–H groups in total. The zero-order valence-corrected chi connectivity index (χ0v) is 16.7. The van der Waals surface area contributed by atoms with Crippen LogP contribution in [0.4, 0.5) is 23.9 Å². The van der Waals surface area contributed by atoms with E-state index in [2.05, 4.69) is 20.7 Å². The molecule has 2 amide bonds. The van der Waals surface area contributed by atoms with Crippen molar-refractivity contribution < 1.29 is 37.3 Å². The molecular weight excluding hydrogens is 411 g/mol. The number of nitrogens with zero attached hydrogens (tertiary/aromatic N) is 3. The number of carboxylic acid groups (broad SMARTS) is 1. The zero-order chi connectivity index (χ0) is 22.9. The molecule has 1 aromatic carbocycles. The summed E-state index contributed by atoms with van der Waals surface area (Å²) in [5.74, 6) is -0.393. The molecule has 13 heteroatoms. The molecule has 1 aromatic heterocycles. The second-order valence-electron chi connectivity index (χ2n) is 5.58. The number of halogens is 3. The predicted molar refractivity (Wildman–Crippen MR) is 99.5 cm³/mol. The van der Waals surface area contributed by atoms with Crippen LogP contribution in [0.3, 0.4) is 0 Å². The number of anilines is 1. The summed E-state index contributed by atoms with van der Waals surface area (Å²) in [6.07, 6.45) is -4.34. The highest BCUT2D eigenvalue weighted by Crippen LogP contribution is 2.27. The van der Waals surface area contributed by atoms with Crippen molar-refractivity contribution in [2.24, 2.45) is 7.05 Å². The van der Waals surface area contributed by atoms with Crippen molar-refractivity contribution in [1.82, 2.24) is 20.1 Å². The smallest absolute Gasteiger partial charge is 0.490 e. The van der Waals surface area contributed by atoms with Gasteiger partial charge < -0.3 is 19.9 Å². The number of hydrogen-bond donors (Lipinski definition) is 3. The van der Waals surface area contributed by atoms with Gasteiger partial charge in [0.1, 0.15) is 17.3 Å². The number of carbonyl (C=O) groups is 2.